The molecule has 1 atom stereocenters. The molecule has 2 heterocycles. The quantitative estimate of drug-likeness (QED) is 0.681. The van der Waals surface area contributed by atoms with Crippen LogP contribution in [0.15, 0.2) is 0 Å². The maximum Gasteiger partial charge on any atom is 0.323 e. The normalized spacial score (nSPS) is 22.4. The highest BCUT2D eigenvalue weighted by atomic mass is 16.5. The zero-order valence-corrected chi connectivity index (χ0v) is 15.5. The Labute approximate surface area is 146 Å². The maximum absolute atomic E-state index is 12.5. The van der Waals surface area contributed by atoms with E-state index in [4.69, 9.17) is 4.74 Å². The third kappa shape index (κ3) is 5.18. The molecule has 0 radical (unpaired) electrons. The minimum atomic E-state index is -0.177. The van der Waals surface area contributed by atoms with Crippen molar-refractivity contribution in [2.45, 2.75) is 46.1 Å². The Bertz CT molecular complexity index is 414. The van der Waals surface area contributed by atoms with Gasteiger partial charge >= 0.3 is 5.97 Å². The number of piperidine rings is 1. The van der Waals surface area contributed by atoms with E-state index < -0.39 is 0 Å². The molecule has 0 saturated carbocycles. The summed E-state index contributed by atoms with van der Waals surface area (Å²) in [6.45, 7) is 12.9. The van der Waals surface area contributed by atoms with Gasteiger partial charge in [-0.2, -0.15) is 0 Å². The lowest BCUT2D eigenvalue weighted by Gasteiger charge is -2.37. The summed E-state index contributed by atoms with van der Waals surface area (Å²) < 4.78 is 5.10. The molecule has 2 aliphatic heterocycles. The number of hydrogen-bond acceptors (Lipinski definition) is 5. The summed E-state index contributed by atoms with van der Waals surface area (Å²) in [4.78, 5) is 30.9. The monoisotopic (exact) mass is 339 g/mol. The molecule has 0 spiro atoms. The van der Waals surface area contributed by atoms with E-state index in [0.29, 0.717) is 24.9 Å². The highest BCUT2D eigenvalue weighted by Crippen LogP contribution is 2.23. The van der Waals surface area contributed by atoms with E-state index in [1.807, 2.05) is 18.7 Å². The molecule has 0 N–H and O–H groups in total. The fraction of sp³-hybridized carbons (Fsp3) is 0.889. The van der Waals surface area contributed by atoms with Crippen LogP contribution in [0.2, 0.25) is 0 Å². The first-order valence-electron chi connectivity index (χ1n) is 9.45. The summed E-state index contributed by atoms with van der Waals surface area (Å²) in [6, 6.07) is -0.177. The third-order valence-electron chi connectivity index (χ3n) is 5.46. The van der Waals surface area contributed by atoms with Crippen molar-refractivity contribution in [1.82, 2.24) is 14.7 Å². The van der Waals surface area contributed by atoms with Crippen LogP contribution in [0, 0.1) is 5.92 Å². The second kappa shape index (κ2) is 9.37. The minimum absolute atomic E-state index is 0.138. The van der Waals surface area contributed by atoms with Gasteiger partial charge in [0, 0.05) is 32.6 Å². The van der Waals surface area contributed by atoms with E-state index >= 15 is 0 Å². The summed E-state index contributed by atoms with van der Waals surface area (Å²) in [7, 11) is 0. The van der Waals surface area contributed by atoms with Gasteiger partial charge in [-0.15, -0.1) is 0 Å². The molecule has 0 aromatic carbocycles. The predicted octanol–water partition coefficient (Wildman–Crippen LogP) is 1.20. The highest BCUT2D eigenvalue weighted by Gasteiger charge is 2.29. The molecule has 0 aromatic rings. The standard InChI is InChI=1S/C18H33N3O3/c1-4-19-10-12-21(13-11-19)17(22)14-16-6-8-20(9-7-16)15(3)18(23)24-5-2/h15-16H,4-14H2,1-3H3. The Morgan fingerprint density at radius 1 is 1.04 bits per heavy atom. The average molecular weight is 339 g/mol. The van der Waals surface area contributed by atoms with E-state index in [1.54, 1.807) is 0 Å². The highest BCUT2D eigenvalue weighted by molar-refractivity contribution is 5.76. The van der Waals surface area contributed by atoms with Crippen LogP contribution >= 0.6 is 0 Å². The first kappa shape index (κ1) is 19.2. The van der Waals surface area contributed by atoms with Gasteiger partial charge in [-0.1, -0.05) is 6.92 Å². The third-order valence-corrected chi connectivity index (χ3v) is 5.46. The van der Waals surface area contributed by atoms with Crippen molar-refractivity contribution in [3.63, 3.8) is 0 Å². The van der Waals surface area contributed by atoms with E-state index in [2.05, 4.69) is 16.7 Å². The number of carbonyl (C=O) groups excluding carboxylic acids is 2. The molecule has 0 bridgehead atoms. The van der Waals surface area contributed by atoms with Gasteiger partial charge in [-0.05, 0) is 52.2 Å². The number of ether oxygens (including phenoxy) is 1. The first-order chi connectivity index (χ1) is 11.5. The van der Waals surface area contributed by atoms with Crippen LogP contribution in [0.1, 0.15) is 40.0 Å². The molecular formula is C18H33N3O3. The topological polar surface area (TPSA) is 53.1 Å². The Hall–Kier alpha value is -1.14. The zero-order valence-electron chi connectivity index (χ0n) is 15.5. The van der Waals surface area contributed by atoms with E-state index in [0.717, 1.165) is 58.7 Å². The number of carbonyl (C=O) groups is 2. The van der Waals surface area contributed by atoms with Crippen molar-refractivity contribution in [1.29, 1.82) is 0 Å². The van der Waals surface area contributed by atoms with Crippen molar-refractivity contribution >= 4 is 11.9 Å². The number of rotatable bonds is 6. The summed E-state index contributed by atoms with van der Waals surface area (Å²) in [6.07, 6.45) is 2.64. The summed E-state index contributed by atoms with van der Waals surface area (Å²) >= 11 is 0. The Morgan fingerprint density at radius 2 is 1.67 bits per heavy atom. The van der Waals surface area contributed by atoms with Crippen molar-refractivity contribution in [2.75, 3.05) is 52.4 Å². The first-order valence-corrected chi connectivity index (χ1v) is 9.45. The molecule has 1 unspecified atom stereocenters. The largest absolute Gasteiger partial charge is 0.465 e. The summed E-state index contributed by atoms with van der Waals surface area (Å²) in [5.41, 5.74) is 0. The van der Waals surface area contributed by atoms with Crippen LogP contribution in [0.3, 0.4) is 0 Å². The number of amides is 1. The molecule has 2 aliphatic rings. The number of likely N-dealkylation sites (N-methyl/N-ethyl adjacent to an activating group) is 1. The van der Waals surface area contributed by atoms with Crippen molar-refractivity contribution in [3.05, 3.63) is 0 Å². The fourth-order valence-electron chi connectivity index (χ4n) is 3.65. The Balaban J connectivity index is 1.71. The molecule has 138 valence electrons. The molecule has 2 saturated heterocycles. The van der Waals surface area contributed by atoms with Gasteiger partial charge in [-0.25, -0.2) is 0 Å². The van der Waals surface area contributed by atoms with Crippen LogP contribution in [0.4, 0.5) is 0 Å². The van der Waals surface area contributed by atoms with Gasteiger partial charge in [-0.3, -0.25) is 14.5 Å². The number of piperazine rings is 1. The maximum atomic E-state index is 12.5. The number of hydrogen-bond donors (Lipinski definition) is 0. The van der Waals surface area contributed by atoms with E-state index in [-0.39, 0.29) is 12.0 Å². The number of nitrogens with zero attached hydrogens (tertiary/aromatic N) is 3. The molecule has 24 heavy (non-hydrogen) atoms. The lowest BCUT2D eigenvalue weighted by atomic mass is 9.92. The summed E-state index contributed by atoms with van der Waals surface area (Å²) in [5.74, 6) is 0.621. The molecule has 0 aliphatic carbocycles. The zero-order chi connectivity index (χ0) is 17.5. The molecule has 2 rings (SSSR count). The summed E-state index contributed by atoms with van der Waals surface area (Å²) in [5, 5.41) is 0. The molecular weight excluding hydrogens is 306 g/mol. The van der Waals surface area contributed by atoms with E-state index in [1.165, 1.54) is 0 Å². The Kier molecular flexibility index (Phi) is 7.49. The average Bonchev–Trinajstić information content (AvgIpc) is 2.62. The van der Waals surface area contributed by atoms with Gasteiger partial charge in [0.25, 0.3) is 0 Å². The van der Waals surface area contributed by atoms with Gasteiger partial charge in [0.15, 0.2) is 0 Å². The predicted molar refractivity (Wildman–Crippen MR) is 93.7 cm³/mol. The lowest BCUT2D eigenvalue weighted by molar-refractivity contribution is -0.149. The second-order valence-electron chi connectivity index (χ2n) is 6.93. The number of likely N-dealkylation sites (tertiary alicyclic amines) is 1. The molecule has 6 nitrogen and oxygen atoms in total. The second-order valence-corrected chi connectivity index (χ2v) is 6.93. The van der Waals surface area contributed by atoms with Crippen LogP contribution in [0.25, 0.3) is 0 Å². The molecule has 6 heteroatoms. The van der Waals surface area contributed by atoms with Gasteiger partial charge in [0.2, 0.25) is 5.91 Å². The van der Waals surface area contributed by atoms with Crippen LogP contribution in [-0.2, 0) is 14.3 Å². The van der Waals surface area contributed by atoms with Crippen LogP contribution in [0.5, 0.6) is 0 Å². The van der Waals surface area contributed by atoms with Crippen LogP contribution in [-0.4, -0.2) is 85.0 Å². The lowest BCUT2D eigenvalue weighted by Crippen LogP contribution is -2.49. The molecule has 1 amide bonds. The fourth-order valence-corrected chi connectivity index (χ4v) is 3.65. The van der Waals surface area contributed by atoms with E-state index in [9.17, 15) is 9.59 Å². The Morgan fingerprint density at radius 3 is 2.21 bits per heavy atom. The number of esters is 1. The SMILES string of the molecule is CCOC(=O)C(C)N1CCC(CC(=O)N2CCN(CC)CC2)CC1. The van der Waals surface area contributed by atoms with Gasteiger partial charge in [0.1, 0.15) is 6.04 Å². The van der Waals surface area contributed by atoms with Gasteiger partial charge < -0.3 is 14.5 Å². The van der Waals surface area contributed by atoms with Gasteiger partial charge in [0.05, 0.1) is 6.61 Å². The van der Waals surface area contributed by atoms with Crippen molar-refractivity contribution in [3.8, 4) is 0 Å². The minimum Gasteiger partial charge on any atom is -0.465 e. The smallest absolute Gasteiger partial charge is 0.323 e. The van der Waals surface area contributed by atoms with Crippen LogP contribution < -0.4 is 0 Å². The van der Waals surface area contributed by atoms with Crippen molar-refractivity contribution in [2.24, 2.45) is 5.92 Å². The molecule has 2 fully saturated rings. The molecule has 0 aromatic heterocycles. The van der Waals surface area contributed by atoms with Crippen molar-refractivity contribution < 1.29 is 14.3 Å².